The summed E-state index contributed by atoms with van der Waals surface area (Å²) in [6, 6.07) is 9.26. The maximum absolute atomic E-state index is 9.54. The molecule has 1 aliphatic carbocycles. The molecule has 2 nitrogen and oxygen atoms in total. The van der Waals surface area contributed by atoms with Crippen LogP contribution in [0, 0.1) is 11.3 Å². The fraction of sp³-hybridized carbons (Fsp3) is 0.588. The highest BCUT2D eigenvalue weighted by atomic mass is 32.2. The van der Waals surface area contributed by atoms with Crippen LogP contribution in [0.2, 0.25) is 0 Å². The highest BCUT2D eigenvalue weighted by Crippen LogP contribution is 2.32. The maximum Gasteiger partial charge on any atom is 0.103 e. The van der Waals surface area contributed by atoms with E-state index in [4.69, 9.17) is 0 Å². The Balaban J connectivity index is 2.26. The van der Waals surface area contributed by atoms with E-state index in [0.717, 1.165) is 21.9 Å². The average molecular weight is 288 g/mol. The van der Waals surface area contributed by atoms with Crippen LogP contribution in [0.1, 0.15) is 51.0 Å². The van der Waals surface area contributed by atoms with Crippen molar-refractivity contribution in [3.8, 4) is 6.07 Å². The molecular formula is C17H24N2S. The Morgan fingerprint density at radius 3 is 2.55 bits per heavy atom. The lowest BCUT2D eigenvalue weighted by Gasteiger charge is -2.30. The van der Waals surface area contributed by atoms with Gasteiger partial charge in [0.05, 0.1) is 11.3 Å². The summed E-state index contributed by atoms with van der Waals surface area (Å²) >= 11 is 1.76. The third-order valence-corrected chi connectivity index (χ3v) is 5.11. The van der Waals surface area contributed by atoms with Gasteiger partial charge in [0.1, 0.15) is 6.07 Å². The normalized spacial score (nSPS) is 16.4. The van der Waals surface area contributed by atoms with Gasteiger partial charge in [0.15, 0.2) is 0 Å². The van der Waals surface area contributed by atoms with Gasteiger partial charge in [0, 0.05) is 18.0 Å². The first kappa shape index (κ1) is 15.3. The van der Waals surface area contributed by atoms with Gasteiger partial charge in [-0.3, -0.25) is 0 Å². The summed E-state index contributed by atoms with van der Waals surface area (Å²) in [6.07, 6.45) is 7.88. The van der Waals surface area contributed by atoms with E-state index in [1.807, 2.05) is 0 Å². The number of nitriles is 1. The van der Waals surface area contributed by atoms with E-state index in [9.17, 15) is 5.26 Å². The molecule has 1 aromatic carbocycles. The highest BCUT2D eigenvalue weighted by Gasteiger charge is 2.20. The summed E-state index contributed by atoms with van der Waals surface area (Å²) in [4.78, 5) is 3.47. The van der Waals surface area contributed by atoms with Crippen molar-refractivity contribution < 1.29 is 0 Å². The van der Waals surface area contributed by atoms with Gasteiger partial charge in [-0.1, -0.05) is 38.7 Å². The van der Waals surface area contributed by atoms with E-state index in [2.05, 4.69) is 43.1 Å². The van der Waals surface area contributed by atoms with Gasteiger partial charge in [-0.25, -0.2) is 0 Å². The van der Waals surface area contributed by atoms with Crippen LogP contribution in [-0.4, -0.2) is 18.8 Å². The Bertz CT molecular complexity index is 470. The van der Waals surface area contributed by atoms with Crippen molar-refractivity contribution in [3.63, 3.8) is 0 Å². The topological polar surface area (TPSA) is 27.0 Å². The molecule has 0 bridgehead atoms. The third kappa shape index (κ3) is 3.49. The first-order valence-corrected chi connectivity index (χ1v) is 8.65. The fourth-order valence-electron chi connectivity index (χ4n) is 3.04. The molecule has 0 N–H and O–H groups in total. The number of anilines is 1. The SMILES string of the molecule is CCSc1cccc(N(C)C2CCCCCC2)c1C#N. The number of thioether (sulfide) groups is 1. The second kappa shape index (κ2) is 7.59. The molecule has 2 rings (SSSR count). The maximum atomic E-state index is 9.54. The molecule has 20 heavy (non-hydrogen) atoms. The largest absolute Gasteiger partial charge is 0.371 e. The number of benzene rings is 1. The summed E-state index contributed by atoms with van der Waals surface area (Å²) < 4.78 is 0. The van der Waals surface area contributed by atoms with Gasteiger partial charge in [-0.05, 0) is 30.7 Å². The van der Waals surface area contributed by atoms with Gasteiger partial charge >= 0.3 is 0 Å². The minimum atomic E-state index is 0.589. The van der Waals surface area contributed by atoms with Crippen molar-refractivity contribution >= 4 is 17.4 Å². The predicted octanol–water partition coefficient (Wildman–Crippen LogP) is 4.83. The minimum absolute atomic E-state index is 0.589. The van der Waals surface area contributed by atoms with Crippen molar-refractivity contribution in [2.24, 2.45) is 0 Å². The van der Waals surface area contributed by atoms with Gasteiger partial charge < -0.3 is 4.90 Å². The Hall–Kier alpha value is -1.14. The van der Waals surface area contributed by atoms with E-state index < -0.39 is 0 Å². The number of hydrogen-bond donors (Lipinski definition) is 0. The van der Waals surface area contributed by atoms with Crippen molar-refractivity contribution in [1.29, 1.82) is 5.26 Å². The molecular weight excluding hydrogens is 264 g/mol. The van der Waals surface area contributed by atoms with E-state index in [-0.39, 0.29) is 0 Å². The van der Waals surface area contributed by atoms with Crippen LogP contribution in [0.15, 0.2) is 23.1 Å². The Kier molecular flexibility index (Phi) is 5.79. The molecule has 0 aliphatic heterocycles. The third-order valence-electron chi connectivity index (χ3n) is 4.17. The lowest BCUT2D eigenvalue weighted by molar-refractivity contribution is 0.552. The first-order chi connectivity index (χ1) is 9.77. The molecule has 0 atom stereocenters. The standard InChI is InChI=1S/C17H24N2S/c1-3-20-17-12-8-11-16(15(17)13-18)19(2)14-9-6-4-5-7-10-14/h8,11-12,14H,3-7,9-10H2,1-2H3. The van der Waals surface area contributed by atoms with Crippen LogP contribution in [0.5, 0.6) is 0 Å². The van der Waals surface area contributed by atoms with E-state index in [1.54, 1.807) is 11.8 Å². The van der Waals surface area contributed by atoms with Crippen LogP contribution < -0.4 is 4.90 Å². The van der Waals surface area contributed by atoms with E-state index in [0.29, 0.717) is 6.04 Å². The van der Waals surface area contributed by atoms with Crippen LogP contribution in [0.25, 0.3) is 0 Å². The average Bonchev–Trinajstić information content (AvgIpc) is 2.75. The smallest absolute Gasteiger partial charge is 0.103 e. The molecule has 1 fully saturated rings. The minimum Gasteiger partial charge on any atom is -0.371 e. The van der Waals surface area contributed by atoms with Gasteiger partial charge in [0.2, 0.25) is 0 Å². The molecule has 3 heteroatoms. The highest BCUT2D eigenvalue weighted by molar-refractivity contribution is 7.99. The summed E-state index contributed by atoms with van der Waals surface area (Å²) in [7, 11) is 2.16. The zero-order valence-corrected chi connectivity index (χ0v) is 13.4. The van der Waals surface area contributed by atoms with E-state index >= 15 is 0 Å². The summed E-state index contributed by atoms with van der Waals surface area (Å²) in [5.74, 6) is 1.01. The fourth-order valence-corrected chi connectivity index (χ4v) is 3.82. The first-order valence-electron chi connectivity index (χ1n) is 7.66. The molecule has 1 saturated carbocycles. The van der Waals surface area contributed by atoms with Crippen LogP contribution in [0.3, 0.4) is 0 Å². The molecule has 0 heterocycles. The molecule has 0 radical (unpaired) electrons. The monoisotopic (exact) mass is 288 g/mol. The molecule has 1 aromatic rings. The molecule has 0 spiro atoms. The van der Waals surface area contributed by atoms with Crippen molar-refractivity contribution in [2.45, 2.75) is 56.4 Å². The molecule has 0 unspecified atom stereocenters. The second-order valence-corrected chi connectivity index (χ2v) is 6.76. The lowest BCUT2D eigenvalue weighted by atomic mass is 10.1. The Labute approximate surface area is 127 Å². The van der Waals surface area contributed by atoms with Crippen LogP contribution in [0.4, 0.5) is 5.69 Å². The van der Waals surface area contributed by atoms with Gasteiger partial charge in [-0.15, -0.1) is 11.8 Å². The van der Waals surface area contributed by atoms with Crippen LogP contribution >= 0.6 is 11.8 Å². The van der Waals surface area contributed by atoms with Crippen molar-refractivity contribution in [3.05, 3.63) is 23.8 Å². The number of nitrogens with zero attached hydrogens (tertiary/aromatic N) is 2. The molecule has 0 amide bonds. The van der Waals surface area contributed by atoms with Gasteiger partial charge in [0.25, 0.3) is 0 Å². The molecule has 108 valence electrons. The zero-order chi connectivity index (χ0) is 14.4. The Morgan fingerprint density at radius 1 is 1.25 bits per heavy atom. The summed E-state index contributed by atoms with van der Waals surface area (Å²) in [5.41, 5.74) is 1.96. The quantitative estimate of drug-likeness (QED) is 0.586. The van der Waals surface area contributed by atoms with E-state index in [1.165, 1.54) is 38.5 Å². The summed E-state index contributed by atoms with van der Waals surface area (Å²) in [5, 5.41) is 9.54. The predicted molar refractivity (Wildman–Crippen MR) is 87.4 cm³/mol. The van der Waals surface area contributed by atoms with Gasteiger partial charge in [-0.2, -0.15) is 5.26 Å². The summed E-state index contributed by atoms with van der Waals surface area (Å²) in [6.45, 7) is 2.13. The van der Waals surface area contributed by atoms with Crippen molar-refractivity contribution in [2.75, 3.05) is 17.7 Å². The second-order valence-electron chi connectivity index (χ2n) is 5.45. The zero-order valence-electron chi connectivity index (χ0n) is 12.6. The van der Waals surface area contributed by atoms with Crippen molar-refractivity contribution in [1.82, 2.24) is 0 Å². The number of hydrogen-bond acceptors (Lipinski definition) is 3. The Morgan fingerprint density at radius 2 is 1.95 bits per heavy atom. The molecule has 0 aromatic heterocycles. The molecule has 0 saturated heterocycles. The number of rotatable bonds is 4. The lowest BCUT2D eigenvalue weighted by Crippen LogP contribution is -2.31. The molecule has 1 aliphatic rings. The van der Waals surface area contributed by atoms with Crippen LogP contribution in [-0.2, 0) is 0 Å².